The van der Waals surface area contributed by atoms with Gasteiger partial charge in [0, 0.05) is 6.20 Å². The third-order valence-electron chi connectivity index (χ3n) is 3.12. The molecule has 0 atom stereocenters. The monoisotopic (exact) mass is 299 g/mol. The summed E-state index contributed by atoms with van der Waals surface area (Å²) >= 11 is 0. The van der Waals surface area contributed by atoms with E-state index in [-0.39, 0.29) is 12.4 Å². The minimum Gasteiger partial charge on any atom is -0.504 e. The zero-order valence-electron chi connectivity index (χ0n) is 11.8. The summed E-state index contributed by atoms with van der Waals surface area (Å²) < 4.78 is 11.9. The van der Waals surface area contributed by atoms with E-state index in [1.807, 2.05) is 0 Å². The van der Waals surface area contributed by atoms with Gasteiger partial charge in [0.05, 0.1) is 12.7 Å². The van der Waals surface area contributed by atoms with E-state index in [0.29, 0.717) is 22.8 Å². The van der Waals surface area contributed by atoms with Crippen LogP contribution in [0, 0.1) is 0 Å². The normalized spacial score (nSPS) is 10.6. The van der Waals surface area contributed by atoms with Crippen LogP contribution in [0.5, 0.6) is 11.5 Å². The van der Waals surface area contributed by atoms with E-state index in [1.54, 1.807) is 40.9 Å². The topological polar surface area (TPSA) is 86.0 Å². The molecule has 0 aliphatic rings. The number of para-hydroxylation sites is 2. The highest BCUT2D eigenvalue weighted by atomic mass is 16.5. The number of benzene rings is 1. The van der Waals surface area contributed by atoms with Crippen LogP contribution in [0.1, 0.15) is 16.2 Å². The molecule has 0 saturated heterocycles. The van der Waals surface area contributed by atoms with Gasteiger partial charge in [0.1, 0.15) is 6.61 Å². The predicted octanol–water partition coefficient (Wildman–Crippen LogP) is 1.80. The number of carbonyl (C=O) groups is 1. The zero-order valence-corrected chi connectivity index (χ0v) is 11.8. The second kappa shape index (κ2) is 5.72. The number of methoxy groups -OCH3 is 1. The number of phenols is 1. The third-order valence-corrected chi connectivity index (χ3v) is 3.12. The van der Waals surface area contributed by atoms with E-state index in [1.165, 1.54) is 13.2 Å². The molecule has 1 N–H and O–H groups in total. The van der Waals surface area contributed by atoms with Crippen molar-refractivity contribution in [1.82, 2.24) is 14.6 Å². The maximum atomic E-state index is 11.6. The highest BCUT2D eigenvalue weighted by Crippen LogP contribution is 2.25. The Kier molecular flexibility index (Phi) is 3.61. The first-order chi connectivity index (χ1) is 10.7. The number of nitrogens with zero attached hydrogens (tertiary/aromatic N) is 3. The van der Waals surface area contributed by atoms with Gasteiger partial charge in [-0.3, -0.25) is 4.40 Å². The molecule has 112 valence electrons. The molecule has 0 fully saturated rings. The van der Waals surface area contributed by atoms with Crippen LogP contribution in [-0.4, -0.2) is 32.8 Å². The average Bonchev–Trinajstić information content (AvgIpc) is 2.95. The molecule has 3 rings (SSSR count). The molecule has 0 spiro atoms. The Morgan fingerprint density at radius 1 is 1.23 bits per heavy atom. The van der Waals surface area contributed by atoms with Gasteiger partial charge < -0.3 is 14.6 Å². The lowest BCUT2D eigenvalue weighted by molar-refractivity contribution is 0.0600. The van der Waals surface area contributed by atoms with Crippen LogP contribution in [0.4, 0.5) is 0 Å². The number of hydrogen-bond donors (Lipinski definition) is 1. The van der Waals surface area contributed by atoms with Gasteiger partial charge in [0.2, 0.25) is 0 Å². The number of aromatic nitrogens is 3. The van der Waals surface area contributed by atoms with Crippen LogP contribution in [-0.2, 0) is 11.3 Å². The molecule has 0 aliphatic heterocycles. The fraction of sp³-hybridized carbons (Fsp3) is 0.133. The van der Waals surface area contributed by atoms with Gasteiger partial charge in [-0.2, -0.15) is 0 Å². The van der Waals surface area contributed by atoms with Gasteiger partial charge in [-0.1, -0.05) is 12.1 Å². The first kappa shape index (κ1) is 13.9. The fourth-order valence-electron chi connectivity index (χ4n) is 2.00. The van der Waals surface area contributed by atoms with Crippen LogP contribution in [0.15, 0.2) is 42.6 Å². The first-order valence-electron chi connectivity index (χ1n) is 6.52. The number of ether oxygens (including phenoxy) is 2. The molecule has 0 bridgehead atoms. The van der Waals surface area contributed by atoms with Crippen LogP contribution >= 0.6 is 0 Å². The molecule has 0 saturated carbocycles. The zero-order chi connectivity index (χ0) is 15.5. The lowest BCUT2D eigenvalue weighted by atomic mass is 10.3. The van der Waals surface area contributed by atoms with Crippen molar-refractivity contribution in [1.29, 1.82) is 0 Å². The van der Waals surface area contributed by atoms with E-state index in [2.05, 4.69) is 14.9 Å². The Balaban J connectivity index is 1.87. The number of fused-ring (bicyclic) bond motifs is 1. The summed E-state index contributed by atoms with van der Waals surface area (Å²) in [5, 5.41) is 17.7. The molecule has 3 aromatic rings. The number of rotatable bonds is 4. The Morgan fingerprint density at radius 2 is 2.05 bits per heavy atom. The van der Waals surface area contributed by atoms with E-state index >= 15 is 0 Å². The van der Waals surface area contributed by atoms with E-state index in [0.717, 1.165) is 0 Å². The van der Waals surface area contributed by atoms with Gasteiger partial charge in [-0.15, -0.1) is 10.2 Å². The molecule has 2 aromatic heterocycles. The lowest BCUT2D eigenvalue weighted by Gasteiger charge is -2.07. The minimum absolute atomic E-state index is 0.0478. The van der Waals surface area contributed by atoms with E-state index in [9.17, 15) is 9.90 Å². The molecule has 1 aromatic carbocycles. The van der Waals surface area contributed by atoms with Crippen LogP contribution in [0.3, 0.4) is 0 Å². The predicted molar refractivity (Wildman–Crippen MR) is 76.8 cm³/mol. The van der Waals surface area contributed by atoms with E-state index < -0.39 is 5.97 Å². The van der Waals surface area contributed by atoms with E-state index in [4.69, 9.17) is 4.74 Å². The second-order valence-corrected chi connectivity index (χ2v) is 4.51. The van der Waals surface area contributed by atoms with Crippen molar-refractivity contribution in [3.8, 4) is 11.5 Å². The number of carbonyl (C=O) groups excluding carboxylic acids is 1. The second-order valence-electron chi connectivity index (χ2n) is 4.51. The van der Waals surface area contributed by atoms with Crippen LogP contribution in [0.25, 0.3) is 5.65 Å². The van der Waals surface area contributed by atoms with Crippen molar-refractivity contribution in [3.63, 3.8) is 0 Å². The lowest BCUT2D eigenvalue weighted by Crippen LogP contribution is -2.05. The van der Waals surface area contributed by atoms with Crippen molar-refractivity contribution >= 4 is 11.6 Å². The summed E-state index contributed by atoms with van der Waals surface area (Å²) in [6, 6.07) is 9.93. The summed E-state index contributed by atoms with van der Waals surface area (Å²) in [6.45, 7) is 0.101. The highest BCUT2D eigenvalue weighted by molar-refractivity contribution is 5.89. The van der Waals surface area contributed by atoms with Gasteiger partial charge in [-0.05, 0) is 24.3 Å². The van der Waals surface area contributed by atoms with Crippen LogP contribution < -0.4 is 4.74 Å². The third kappa shape index (κ3) is 2.56. The number of pyridine rings is 1. The Bertz CT molecular complexity index is 829. The number of hydrogen-bond acceptors (Lipinski definition) is 6. The summed E-state index contributed by atoms with van der Waals surface area (Å²) in [6.07, 6.45) is 1.59. The number of aromatic hydroxyl groups is 1. The molecule has 7 heteroatoms. The highest BCUT2D eigenvalue weighted by Gasteiger charge is 2.11. The summed E-state index contributed by atoms with van der Waals surface area (Å²) in [4.78, 5) is 11.6. The number of phenolic OH excluding ortho intramolecular Hbond substituents is 1. The maximum Gasteiger partial charge on any atom is 0.339 e. The minimum atomic E-state index is -0.442. The largest absolute Gasteiger partial charge is 0.504 e. The van der Waals surface area contributed by atoms with Crippen molar-refractivity contribution < 1.29 is 19.4 Å². The molecule has 7 nitrogen and oxygen atoms in total. The molecule has 0 radical (unpaired) electrons. The standard InChI is InChI=1S/C15H13N3O4/c1-21-15(20)10-6-7-13-16-17-14(18(13)8-10)9-22-12-5-3-2-4-11(12)19/h2-8,19H,9H2,1H3. The quantitative estimate of drug-likeness (QED) is 0.739. The van der Waals surface area contributed by atoms with Gasteiger partial charge in [0.15, 0.2) is 23.0 Å². The number of esters is 1. The van der Waals surface area contributed by atoms with Crippen molar-refractivity contribution in [2.45, 2.75) is 6.61 Å². The van der Waals surface area contributed by atoms with Crippen molar-refractivity contribution in [2.75, 3.05) is 7.11 Å². The molecular weight excluding hydrogens is 286 g/mol. The van der Waals surface area contributed by atoms with Crippen molar-refractivity contribution in [2.24, 2.45) is 0 Å². The van der Waals surface area contributed by atoms with Crippen LogP contribution in [0.2, 0.25) is 0 Å². The molecule has 22 heavy (non-hydrogen) atoms. The molecule has 2 heterocycles. The Hall–Kier alpha value is -3.09. The van der Waals surface area contributed by atoms with Gasteiger partial charge >= 0.3 is 5.97 Å². The molecule has 0 unspecified atom stereocenters. The summed E-state index contributed by atoms with van der Waals surface area (Å²) in [5.74, 6) is 0.460. The SMILES string of the molecule is COC(=O)c1ccc2nnc(COc3ccccc3O)n2c1. The molecular formula is C15H13N3O4. The smallest absolute Gasteiger partial charge is 0.339 e. The van der Waals surface area contributed by atoms with Gasteiger partial charge in [0.25, 0.3) is 0 Å². The maximum absolute atomic E-state index is 11.6. The Morgan fingerprint density at radius 3 is 2.82 bits per heavy atom. The Labute approximate surface area is 125 Å². The molecule has 0 aliphatic carbocycles. The first-order valence-corrected chi connectivity index (χ1v) is 6.52. The summed E-state index contributed by atoms with van der Waals surface area (Å²) in [5.41, 5.74) is 0.974. The van der Waals surface area contributed by atoms with Gasteiger partial charge in [-0.25, -0.2) is 4.79 Å². The van der Waals surface area contributed by atoms with Crippen molar-refractivity contribution in [3.05, 3.63) is 54.0 Å². The average molecular weight is 299 g/mol. The fourth-order valence-corrected chi connectivity index (χ4v) is 2.00. The summed E-state index contributed by atoms with van der Waals surface area (Å²) in [7, 11) is 1.32. The molecule has 0 amide bonds.